The van der Waals surface area contributed by atoms with Crippen molar-refractivity contribution in [3.05, 3.63) is 164 Å². The quantitative estimate of drug-likeness (QED) is 0.182. The summed E-state index contributed by atoms with van der Waals surface area (Å²) in [5.74, 6) is 2.39. The molecule has 3 heterocycles. The molecular formula is C43H27N5O. The third kappa shape index (κ3) is 5.51. The molecule has 0 saturated heterocycles. The lowest BCUT2D eigenvalue weighted by atomic mass is 10.1. The first kappa shape index (κ1) is 28.4. The molecule has 0 fully saturated rings. The van der Waals surface area contributed by atoms with Gasteiger partial charge in [-0.05, 0) is 24.3 Å². The van der Waals surface area contributed by atoms with Crippen molar-refractivity contribution < 1.29 is 4.42 Å². The van der Waals surface area contributed by atoms with Crippen LogP contribution >= 0.6 is 0 Å². The molecule has 0 saturated carbocycles. The largest absolute Gasteiger partial charge is 0.456 e. The Labute approximate surface area is 282 Å². The topological polar surface area (TPSA) is 77.6 Å². The number of rotatable bonds is 6. The number of benzene rings is 6. The molecule has 9 aromatic rings. The van der Waals surface area contributed by atoms with E-state index < -0.39 is 0 Å². The second-order valence-corrected chi connectivity index (χ2v) is 11.8. The standard InChI is InChI=1S/C43H27N5O/c1-4-12-28(13-5-1)36-27-37(29-14-6-2-7-15-29)45-40(44-36)31-20-22-32(23-21-31)42-46-41(30-16-8-3-9-17-30)47-43(48-42)33-24-25-35-34-18-10-11-19-38(34)49-39(35)26-33/h1-27H. The molecule has 230 valence electrons. The average Bonchev–Trinajstić information content (AvgIpc) is 3.57. The van der Waals surface area contributed by atoms with Crippen LogP contribution in [-0.4, -0.2) is 24.9 Å². The molecule has 0 atom stereocenters. The lowest BCUT2D eigenvalue weighted by Gasteiger charge is -2.11. The van der Waals surface area contributed by atoms with Gasteiger partial charge >= 0.3 is 0 Å². The van der Waals surface area contributed by atoms with Crippen LogP contribution in [0.3, 0.4) is 0 Å². The highest BCUT2D eigenvalue weighted by molar-refractivity contribution is 6.05. The van der Waals surface area contributed by atoms with Gasteiger partial charge in [-0.2, -0.15) is 0 Å². The van der Waals surface area contributed by atoms with Crippen LogP contribution in [0.15, 0.2) is 168 Å². The summed E-state index contributed by atoms with van der Waals surface area (Å²) < 4.78 is 6.19. The minimum atomic E-state index is 0.571. The number of para-hydroxylation sites is 1. The number of hydrogen-bond donors (Lipinski definition) is 0. The zero-order valence-corrected chi connectivity index (χ0v) is 26.2. The second-order valence-electron chi connectivity index (χ2n) is 11.8. The second kappa shape index (κ2) is 12.1. The van der Waals surface area contributed by atoms with Crippen LogP contribution < -0.4 is 0 Å². The van der Waals surface area contributed by atoms with Crippen molar-refractivity contribution in [2.75, 3.05) is 0 Å². The van der Waals surface area contributed by atoms with Gasteiger partial charge in [0.25, 0.3) is 0 Å². The molecular weight excluding hydrogens is 603 g/mol. The summed E-state index contributed by atoms with van der Waals surface area (Å²) in [7, 11) is 0. The van der Waals surface area contributed by atoms with Gasteiger partial charge in [0.1, 0.15) is 11.2 Å². The van der Waals surface area contributed by atoms with Gasteiger partial charge in [0.2, 0.25) is 0 Å². The van der Waals surface area contributed by atoms with Gasteiger partial charge in [-0.3, -0.25) is 0 Å². The molecule has 6 nitrogen and oxygen atoms in total. The fraction of sp³-hybridized carbons (Fsp3) is 0. The molecule has 0 aliphatic rings. The predicted molar refractivity (Wildman–Crippen MR) is 195 cm³/mol. The van der Waals surface area contributed by atoms with Crippen molar-refractivity contribution in [2.45, 2.75) is 0 Å². The molecule has 9 rings (SSSR count). The summed E-state index contributed by atoms with van der Waals surface area (Å²) in [6.07, 6.45) is 0. The van der Waals surface area contributed by atoms with Crippen LogP contribution in [0.5, 0.6) is 0 Å². The van der Waals surface area contributed by atoms with Gasteiger partial charge in [-0.1, -0.05) is 140 Å². The summed E-state index contributed by atoms with van der Waals surface area (Å²) in [6.45, 7) is 0. The van der Waals surface area contributed by atoms with Crippen LogP contribution in [-0.2, 0) is 0 Å². The summed E-state index contributed by atoms with van der Waals surface area (Å²) in [4.78, 5) is 24.8. The first-order chi connectivity index (χ1) is 24.2. The molecule has 6 aromatic carbocycles. The van der Waals surface area contributed by atoms with Crippen molar-refractivity contribution in [3.63, 3.8) is 0 Å². The Bertz CT molecular complexity index is 2530. The maximum atomic E-state index is 6.19. The Morgan fingerprint density at radius 3 is 1.27 bits per heavy atom. The van der Waals surface area contributed by atoms with Gasteiger partial charge in [-0.25, -0.2) is 24.9 Å². The van der Waals surface area contributed by atoms with E-state index in [1.807, 2.05) is 127 Å². The van der Waals surface area contributed by atoms with Crippen molar-refractivity contribution >= 4 is 21.9 Å². The number of aromatic nitrogens is 5. The zero-order chi connectivity index (χ0) is 32.6. The van der Waals surface area contributed by atoms with E-state index in [0.29, 0.717) is 23.3 Å². The summed E-state index contributed by atoms with van der Waals surface area (Å²) in [6, 6.07) is 54.7. The molecule has 0 N–H and O–H groups in total. The van der Waals surface area contributed by atoms with E-state index in [-0.39, 0.29) is 0 Å². The first-order valence-corrected chi connectivity index (χ1v) is 16.1. The normalized spacial score (nSPS) is 11.3. The molecule has 0 aliphatic carbocycles. The smallest absolute Gasteiger partial charge is 0.164 e. The molecule has 49 heavy (non-hydrogen) atoms. The van der Waals surface area contributed by atoms with Gasteiger partial charge < -0.3 is 4.42 Å². The van der Waals surface area contributed by atoms with Crippen LogP contribution in [0.4, 0.5) is 0 Å². The molecule has 0 bridgehead atoms. The van der Waals surface area contributed by atoms with Crippen LogP contribution in [0.25, 0.3) is 90.0 Å². The van der Waals surface area contributed by atoms with Gasteiger partial charge in [0.15, 0.2) is 23.3 Å². The minimum absolute atomic E-state index is 0.571. The Morgan fingerprint density at radius 2 is 0.694 bits per heavy atom. The molecule has 0 unspecified atom stereocenters. The van der Waals surface area contributed by atoms with Crippen molar-refractivity contribution in [1.82, 2.24) is 24.9 Å². The van der Waals surface area contributed by atoms with Crippen LogP contribution in [0, 0.1) is 0 Å². The number of nitrogens with zero attached hydrogens (tertiary/aromatic N) is 5. The van der Waals surface area contributed by atoms with E-state index >= 15 is 0 Å². The third-order valence-corrected chi connectivity index (χ3v) is 8.57. The first-order valence-electron chi connectivity index (χ1n) is 16.1. The fourth-order valence-electron chi connectivity index (χ4n) is 6.07. The van der Waals surface area contributed by atoms with Gasteiger partial charge in [0.05, 0.1) is 11.4 Å². The fourth-order valence-corrected chi connectivity index (χ4v) is 6.07. The van der Waals surface area contributed by atoms with Crippen LogP contribution in [0.2, 0.25) is 0 Å². The monoisotopic (exact) mass is 629 g/mol. The number of hydrogen-bond acceptors (Lipinski definition) is 6. The highest BCUT2D eigenvalue weighted by Crippen LogP contribution is 2.33. The Hall–Kier alpha value is -6.79. The van der Waals surface area contributed by atoms with E-state index in [9.17, 15) is 0 Å². The van der Waals surface area contributed by atoms with Crippen molar-refractivity contribution in [1.29, 1.82) is 0 Å². The van der Waals surface area contributed by atoms with E-state index in [1.165, 1.54) is 0 Å². The third-order valence-electron chi connectivity index (χ3n) is 8.57. The highest BCUT2D eigenvalue weighted by atomic mass is 16.3. The maximum Gasteiger partial charge on any atom is 0.164 e. The lowest BCUT2D eigenvalue weighted by Crippen LogP contribution is -2.00. The Kier molecular flexibility index (Phi) is 7.02. The molecule has 6 heteroatoms. The highest BCUT2D eigenvalue weighted by Gasteiger charge is 2.16. The van der Waals surface area contributed by atoms with Crippen molar-refractivity contribution in [2.24, 2.45) is 0 Å². The van der Waals surface area contributed by atoms with E-state index in [2.05, 4.69) is 36.4 Å². The number of furan rings is 1. The summed E-state index contributed by atoms with van der Waals surface area (Å²) >= 11 is 0. The maximum absolute atomic E-state index is 6.19. The molecule has 0 amide bonds. The van der Waals surface area contributed by atoms with Gasteiger partial charge in [-0.15, -0.1) is 0 Å². The average molecular weight is 630 g/mol. The van der Waals surface area contributed by atoms with E-state index in [0.717, 1.165) is 66.7 Å². The molecule has 0 spiro atoms. The predicted octanol–water partition coefficient (Wildman–Crippen LogP) is 10.6. The Morgan fingerprint density at radius 1 is 0.286 bits per heavy atom. The van der Waals surface area contributed by atoms with E-state index in [4.69, 9.17) is 29.3 Å². The van der Waals surface area contributed by atoms with Crippen molar-refractivity contribution in [3.8, 4) is 68.1 Å². The zero-order valence-electron chi connectivity index (χ0n) is 26.2. The van der Waals surface area contributed by atoms with Gasteiger partial charge in [0, 0.05) is 44.2 Å². The molecule has 0 radical (unpaired) electrons. The Balaban J connectivity index is 1.13. The molecule has 0 aliphatic heterocycles. The lowest BCUT2D eigenvalue weighted by molar-refractivity contribution is 0.669. The van der Waals surface area contributed by atoms with E-state index in [1.54, 1.807) is 0 Å². The summed E-state index contributed by atoms with van der Waals surface area (Å²) in [5.41, 5.74) is 8.96. The SMILES string of the molecule is c1ccc(-c2cc(-c3ccccc3)nc(-c3ccc(-c4nc(-c5ccccc5)nc(-c5ccc6c(c5)oc5ccccc56)n4)cc3)n2)cc1. The summed E-state index contributed by atoms with van der Waals surface area (Å²) in [5, 5.41) is 2.14. The molecule has 3 aromatic heterocycles. The van der Waals surface area contributed by atoms with Crippen LogP contribution in [0.1, 0.15) is 0 Å². The minimum Gasteiger partial charge on any atom is -0.456 e. The number of fused-ring (bicyclic) bond motifs is 3.